The van der Waals surface area contributed by atoms with Crippen molar-refractivity contribution in [3.05, 3.63) is 34.1 Å². The number of rotatable bonds is 7. The number of aliphatic hydroxyl groups is 4. The van der Waals surface area contributed by atoms with E-state index in [0.29, 0.717) is 5.13 Å². The largest absolute Gasteiger partial charge is 0.394 e. The Morgan fingerprint density at radius 2 is 1.96 bits per heavy atom. The van der Waals surface area contributed by atoms with Gasteiger partial charge >= 0.3 is 0 Å². The Balaban J connectivity index is 2.04. The SMILES string of the molecule is CN(/N=C/[C@H](O)[C@H](O)[C@H](O)CO)c1nc(-c2ccc(Br)cc2)cs1. The van der Waals surface area contributed by atoms with E-state index in [1.54, 1.807) is 7.05 Å². The molecule has 0 saturated carbocycles. The van der Waals surface area contributed by atoms with Gasteiger partial charge in [-0.2, -0.15) is 5.10 Å². The molecule has 3 atom stereocenters. The maximum absolute atomic E-state index is 9.71. The van der Waals surface area contributed by atoms with Gasteiger partial charge in [-0.15, -0.1) is 11.3 Å². The summed E-state index contributed by atoms with van der Waals surface area (Å²) in [6, 6.07) is 7.76. The van der Waals surface area contributed by atoms with Gasteiger partial charge in [0.15, 0.2) is 0 Å². The standard InChI is InChI=1S/C15H18BrN3O4S/c1-19(17-6-12(21)14(23)13(22)7-20)15-18-11(8-24-15)9-2-4-10(16)5-3-9/h2-6,8,12-14,20-23H,7H2,1H3/b17-6+/t12-,13+,14-/m0/s1. The number of aromatic nitrogens is 1. The van der Waals surface area contributed by atoms with E-state index in [-0.39, 0.29) is 0 Å². The molecule has 1 aromatic heterocycles. The van der Waals surface area contributed by atoms with Crippen molar-refractivity contribution in [3.63, 3.8) is 0 Å². The maximum Gasteiger partial charge on any atom is 0.206 e. The van der Waals surface area contributed by atoms with Crippen LogP contribution in [0.15, 0.2) is 39.2 Å². The van der Waals surface area contributed by atoms with Crippen LogP contribution in [-0.4, -0.2) is 63.6 Å². The molecule has 0 bridgehead atoms. The van der Waals surface area contributed by atoms with Gasteiger partial charge in [-0.1, -0.05) is 28.1 Å². The quantitative estimate of drug-likeness (QED) is 0.397. The highest BCUT2D eigenvalue weighted by Gasteiger charge is 2.22. The van der Waals surface area contributed by atoms with Gasteiger partial charge in [0.2, 0.25) is 5.13 Å². The lowest BCUT2D eigenvalue weighted by Gasteiger charge is -2.18. The number of hydrogen-bond donors (Lipinski definition) is 4. The van der Waals surface area contributed by atoms with Crippen LogP contribution in [-0.2, 0) is 0 Å². The molecule has 0 amide bonds. The normalized spacial score (nSPS) is 15.4. The summed E-state index contributed by atoms with van der Waals surface area (Å²) in [4.78, 5) is 4.47. The van der Waals surface area contributed by atoms with Gasteiger partial charge in [0.25, 0.3) is 0 Å². The highest BCUT2D eigenvalue weighted by Crippen LogP contribution is 2.27. The van der Waals surface area contributed by atoms with Crippen LogP contribution in [0.5, 0.6) is 0 Å². The third-order valence-corrected chi connectivity index (χ3v) is 4.67. The molecule has 0 aliphatic rings. The molecule has 9 heteroatoms. The van der Waals surface area contributed by atoms with Crippen LogP contribution < -0.4 is 5.01 Å². The Labute approximate surface area is 151 Å². The molecule has 130 valence electrons. The molecular formula is C15H18BrN3O4S. The Hall–Kier alpha value is -1.36. The van der Waals surface area contributed by atoms with Gasteiger partial charge in [-0.3, -0.25) is 0 Å². The fourth-order valence-electron chi connectivity index (χ4n) is 1.81. The molecule has 0 aliphatic heterocycles. The molecule has 0 unspecified atom stereocenters. The average Bonchev–Trinajstić information content (AvgIpc) is 3.08. The Kier molecular flexibility index (Phi) is 6.84. The molecule has 0 spiro atoms. The van der Waals surface area contributed by atoms with Crippen molar-refractivity contribution in [1.29, 1.82) is 0 Å². The van der Waals surface area contributed by atoms with Crippen molar-refractivity contribution in [3.8, 4) is 11.3 Å². The zero-order valence-electron chi connectivity index (χ0n) is 12.8. The van der Waals surface area contributed by atoms with E-state index in [1.165, 1.54) is 16.3 Å². The van der Waals surface area contributed by atoms with E-state index in [4.69, 9.17) is 5.11 Å². The van der Waals surface area contributed by atoms with Gasteiger partial charge in [0.1, 0.15) is 18.3 Å². The average molecular weight is 416 g/mol. The molecule has 24 heavy (non-hydrogen) atoms. The molecular weight excluding hydrogens is 398 g/mol. The summed E-state index contributed by atoms with van der Waals surface area (Å²) in [6.45, 7) is -0.648. The first-order valence-electron chi connectivity index (χ1n) is 7.06. The number of thiazole rings is 1. The molecule has 1 heterocycles. The molecule has 7 nitrogen and oxygen atoms in total. The molecule has 0 aliphatic carbocycles. The molecule has 0 saturated heterocycles. The Morgan fingerprint density at radius 3 is 2.58 bits per heavy atom. The minimum absolute atomic E-state index is 0.605. The molecule has 4 N–H and O–H groups in total. The van der Waals surface area contributed by atoms with Crippen molar-refractivity contribution < 1.29 is 20.4 Å². The van der Waals surface area contributed by atoms with Crippen LogP contribution in [0.2, 0.25) is 0 Å². The lowest BCUT2D eigenvalue weighted by Crippen LogP contribution is -2.40. The Morgan fingerprint density at radius 1 is 1.29 bits per heavy atom. The van der Waals surface area contributed by atoms with Gasteiger partial charge in [-0.25, -0.2) is 9.99 Å². The van der Waals surface area contributed by atoms with Crippen LogP contribution in [0, 0.1) is 0 Å². The zero-order valence-corrected chi connectivity index (χ0v) is 15.2. The van der Waals surface area contributed by atoms with Crippen LogP contribution >= 0.6 is 27.3 Å². The van der Waals surface area contributed by atoms with E-state index >= 15 is 0 Å². The zero-order chi connectivity index (χ0) is 17.7. The fraction of sp³-hybridized carbons (Fsp3) is 0.333. The lowest BCUT2D eigenvalue weighted by molar-refractivity contribution is -0.0541. The molecule has 0 radical (unpaired) electrons. The summed E-state index contributed by atoms with van der Waals surface area (Å²) in [6.07, 6.45) is -3.26. The van der Waals surface area contributed by atoms with E-state index in [0.717, 1.165) is 21.9 Å². The lowest BCUT2D eigenvalue weighted by atomic mass is 10.1. The minimum atomic E-state index is -1.51. The van der Waals surface area contributed by atoms with Crippen molar-refractivity contribution in [1.82, 2.24) is 4.98 Å². The van der Waals surface area contributed by atoms with Crippen LogP contribution in [0.3, 0.4) is 0 Å². The number of hydrazone groups is 1. The number of anilines is 1. The summed E-state index contributed by atoms with van der Waals surface area (Å²) in [7, 11) is 1.66. The molecule has 2 aromatic rings. The van der Waals surface area contributed by atoms with Crippen molar-refractivity contribution >= 4 is 38.6 Å². The van der Waals surface area contributed by atoms with Crippen LogP contribution in [0.4, 0.5) is 5.13 Å². The number of hydrogen-bond acceptors (Lipinski definition) is 8. The highest BCUT2D eigenvalue weighted by molar-refractivity contribution is 9.10. The van der Waals surface area contributed by atoms with E-state index in [9.17, 15) is 15.3 Å². The van der Waals surface area contributed by atoms with Crippen molar-refractivity contribution in [2.75, 3.05) is 18.7 Å². The topological polar surface area (TPSA) is 109 Å². The second-order valence-electron chi connectivity index (χ2n) is 5.04. The maximum atomic E-state index is 9.71. The highest BCUT2D eigenvalue weighted by atomic mass is 79.9. The predicted octanol–water partition coefficient (Wildman–Crippen LogP) is 1.07. The number of benzene rings is 1. The third kappa shape index (κ3) is 4.82. The first-order chi connectivity index (χ1) is 11.4. The molecule has 0 fully saturated rings. The van der Waals surface area contributed by atoms with Crippen molar-refractivity contribution in [2.24, 2.45) is 5.10 Å². The third-order valence-electron chi connectivity index (χ3n) is 3.23. The smallest absolute Gasteiger partial charge is 0.206 e. The fourth-order valence-corrected chi connectivity index (χ4v) is 2.83. The first-order valence-corrected chi connectivity index (χ1v) is 8.74. The number of nitrogens with zero attached hydrogens (tertiary/aromatic N) is 3. The summed E-state index contributed by atoms with van der Waals surface area (Å²) in [5, 5.41) is 45.2. The van der Waals surface area contributed by atoms with Gasteiger partial charge in [0.05, 0.1) is 18.5 Å². The Bertz CT molecular complexity index is 680. The van der Waals surface area contributed by atoms with E-state index < -0.39 is 24.9 Å². The summed E-state index contributed by atoms with van der Waals surface area (Å²) in [5.74, 6) is 0. The second-order valence-corrected chi connectivity index (χ2v) is 6.79. The monoisotopic (exact) mass is 415 g/mol. The van der Waals surface area contributed by atoms with Crippen LogP contribution in [0.1, 0.15) is 0 Å². The van der Waals surface area contributed by atoms with Gasteiger partial charge in [-0.05, 0) is 12.1 Å². The first kappa shape index (κ1) is 19.0. The molecule has 1 aromatic carbocycles. The van der Waals surface area contributed by atoms with E-state index in [2.05, 4.69) is 26.0 Å². The number of halogens is 1. The minimum Gasteiger partial charge on any atom is -0.394 e. The number of aliphatic hydroxyl groups excluding tert-OH is 4. The summed E-state index contributed by atoms with van der Waals surface area (Å²) >= 11 is 4.77. The van der Waals surface area contributed by atoms with Crippen LogP contribution in [0.25, 0.3) is 11.3 Å². The van der Waals surface area contributed by atoms with Gasteiger partial charge < -0.3 is 20.4 Å². The van der Waals surface area contributed by atoms with Crippen molar-refractivity contribution in [2.45, 2.75) is 18.3 Å². The van der Waals surface area contributed by atoms with Gasteiger partial charge in [0, 0.05) is 22.5 Å². The molecule has 2 rings (SSSR count). The summed E-state index contributed by atoms with van der Waals surface area (Å²) in [5.41, 5.74) is 1.78. The second kappa shape index (κ2) is 8.65. The van der Waals surface area contributed by atoms with E-state index in [1.807, 2.05) is 29.6 Å². The summed E-state index contributed by atoms with van der Waals surface area (Å²) < 4.78 is 0.987. The predicted molar refractivity (Wildman–Crippen MR) is 97.3 cm³/mol.